The molecule has 3 aromatic carbocycles. The van der Waals surface area contributed by atoms with E-state index in [1.165, 1.54) is 4.90 Å². The molecular formula is C34H41N3O8. The highest BCUT2D eigenvalue weighted by Crippen LogP contribution is 2.38. The topological polar surface area (TPSA) is 121 Å². The maximum absolute atomic E-state index is 12.2. The van der Waals surface area contributed by atoms with Crippen molar-refractivity contribution in [2.45, 2.75) is 26.3 Å². The van der Waals surface area contributed by atoms with E-state index in [0.717, 1.165) is 10.8 Å². The first kappa shape index (κ1) is 33.3. The third-order valence-corrected chi connectivity index (χ3v) is 6.61. The molecule has 0 aliphatic carbocycles. The van der Waals surface area contributed by atoms with Crippen LogP contribution in [0.4, 0.5) is 22.0 Å². The third kappa shape index (κ3) is 9.45. The number of methoxy groups -OCH3 is 2. The summed E-state index contributed by atoms with van der Waals surface area (Å²) in [6.07, 6.45) is 0.624. The van der Waals surface area contributed by atoms with Crippen molar-refractivity contribution in [2.75, 3.05) is 64.1 Å². The molecule has 0 unspecified atom stereocenters. The predicted molar refractivity (Wildman–Crippen MR) is 174 cm³/mol. The van der Waals surface area contributed by atoms with Gasteiger partial charge in [-0.2, -0.15) is 0 Å². The van der Waals surface area contributed by atoms with E-state index in [1.807, 2.05) is 57.2 Å². The van der Waals surface area contributed by atoms with Crippen molar-refractivity contribution in [1.82, 2.24) is 4.98 Å². The van der Waals surface area contributed by atoms with Gasteiger partial charge in [0.15, 0.2) is 0 Å². The minimum atomic E-state index is -1.02. The molecule has 0 spiro atoms. The van der Waals surface area contributed by atoms with E-state index >= 15 is 0 Å². The zero-order valence-electron chi connectivity index (χ0n) is 26.4. The lowest BCUT2D eigenvalue weighted by Crippen LogP contribution is -2.45. The number of amides is 1. The molecule has 1 heterocycles. The first-order chi connectivity index (χ1) is 21.7. The maximum atomic E-state index is 12.2. The number of benzene rings is 3. The first-order valence-electron chi connectivity index (χ1n) is 14.6. The Morgan fingerprint density at radius 1 is 0.822 bits per heavy atom. The van der Waals surface area contributed by atoms with E-state index in [0.29, 0.717) is 79.8 Å². The van der Waals surface area contributed by atoms with Crippen LogP contribution in [0.3, 0.4) is 0 Å². The largest absolute Gasteiger partial charge is 0.497 e. The summed E-state index contributed by atoms with van der Waals surface area (Å²) in [4.78, 5) is 18.0. The summed E-state index contributed by atoms with van der Waals surface area (Å²) in [6, 6.07) is 20.2. The molecule has 240 valence electrons. The number of aromatic nitrogens is 1. The highest BCUT2D eigenvalue weighted by atomic mass is 16.6. The monoisotopic (exact) mass is 619 g/mol. The molecule has 0 fully saturated rings. The zero-order valence-corrected chi connectivity index (χ0v) is 26.4. The van der Waals surface area contributed by atoms with Gasteiger partial charge in [-0.3, -0.25) is 4.90 Å². The molecular weight excluding hydrogens is 578 g/mol. The fourth-order valence-electron chi connectivity index (χ4n) is 4.64. The summed E-state index contributed by atoms with van der Waals surface area (Å²) in [5.74, 6) is 2.92. The molecule has 4 rings (SSSR count). The van der Waals surface area contributed by atoms with E-state index in [4.69, 9.17) is 28.4 Å². The van der Waals surface area contributed by atoms with Gasteiger partial charge in [0.05, 0.1) is 45.8 Å². The van der Waals surface area contributed by atoms with Crippen molar-refractivity contribution < 1.29 is 38.3 Å². The standard InChI is InChI=1S/C34H41N3O8/c1-34(2,3)37(33(38)39)30-10-11-31(29-9-7-6-8-28(29)30)45-25-12-13-35-32(23-25)36-24-20-26(41-5)22-27(21-24)44-19-18-43-17-16-42-15-14-40-4/h6-13,20-23H,14-19H2,1-5H3,(H,35,36)(H,38,39). The highest BCUT2D eigenvalue weighted by molar-refractivity contribution is 6.04. The molecule has 0 aliphatic heterocycles. The summed E-state index contributed by atoms with van der Waals surface area (Å²) < 4.78 is 33.5. The zero-order chi connectivity index (χ0) is 32.2. The van der Waals surface area contributed by atoms with Crippen molar-refractivity contribution in [3.63, 3.8) is 0 Å². The molecule has 0 bridgehead atoms. The summed E-state index contributed by atoms with van der Waals surface area (Å²) in [6.45, 7) is 8.42. The molecule has 45 heavy (non-hydrogen) atoms. The maximum Gasteiger partial charge on any atom is 0.412 e. The molecule has 2 N–H and O–H groups in total. The second-order valence-corrected chi connectivity index (χ2v) is 11.0. The lowest BCUT2D eigenvalue weighted by atomic mass is 10.0. The summed E-state index contributed by atoms with van der Waals surface area (Å²) in [7, 11) is 3.23. The average Bonchev–Trinajstić information content (AvgIpc) is 3.00. The van der Waals surface area contributed by atoms with E-state index < -0.39 is 11.6 Å². The van der Waals surface area contributed by atoms with Crippen LogP contribution in [0.5, 0.6) is 23.0 Å². The van der Waals surface area contributed by atoms with Crippen molar-refractivity contribution in [3.05, 3.63) is 72.9 Å². The van der Waals surface area contributed by atoms with Gasteiger partial charge in [0.2, 0.25) is 0 Å². The summed E-state index contributed by atoms with van der Waals surface area (Å²) in [5, 5.41) is 14.8. The second-order valence-electron chi connectivity index (χ2n) is 11.0. The van der Waals surface area contributed by atoms with E-state index in [2.05, 4.69) is 10.3 Å². The number of hydrogen-bond donors (Lipinski definition) is 2. The van der Waals surface area contributed by atoms with E-state index in [1.54, 1.807) is 50.7 Å². The quantitative estimate of drug-likeness (QED) is 0.125. The van der Waals surface area contributed by atoms with Crippen LogP contribution in [0, 0.1) is 0 Å². The number of fused-ring (bicyclic) bond motifs is 1. The molecule has 0 radical (unpaired) electrons. The predicted octanol–water partition coefficient (Wildman–Crippen LogP) is 7.12. The Balaban J connectivity index is 1.45. The van der Waals surface area contributed by atoms with Crippen molar-refractivity contribution in [3.8, 4) is 23.0 Å². The Labute approximate surface area is 263 Å². The van der Waals surface area contributed by atoms with Crippen LogP contribution in [0.1, 0.15) is 20.8 Å². The van der Waals surface area contributed by atoms with Gasteiger partial charge >= 0.3 is 6.09 Å². The van der Waals surface area contributed by atoms with Crippen LogP contribution >= 0.6 is 0 Å². The van der Waals surface area contributed by atoms with Gasteiger partial charge < -0.3 is 38.8 Å². The van der Waals surface area contributed by atoms with Crippen LogP contribution in [0.25, 0.3) is 10.8 Å². The lowest BCUT2D eigenvalue weighted by molar-refractivity contribution is 0.0179. The van der Waals surface area contributed by atoms with Crippen molar-refractivity contribution in [1.29, 1.82) is 0 Å². The molecule has 0 atom stereocenters. The van der Waals surface area contributed by atoms with Gasteiger partial charge in [0.25, 0.3) is 0 Å². The molecule has 1 amide bonds. The van der Waals surface area contributed by atoms with Crippen LogP contribution in [-0.2, 0) is 14.2 Å². The number of hydrogen-bond acceptors (Lipinski definition) is 9. The normalized spacial score (nSPS) is 11.3. The number of anilines is 3. The molecule has 11 nitrogen and oxygen atoms in total. The van der Waals surface area contributed by atoms with Gasteiger partial charge in [-0.15, -0.1) is 0 Å². The van der Waals surface area contributed by atoms with Gasteiger partial charge in [-0.25, -0.2) is 9.78 Å². The number of carbonyl (C=O) groups is 1. The third-order valence-electron chi connectivity index (χ3n) is 6.61. The second kappa shape index (κ2) is 15.9. The average molecular weight is 620 g/mol. The number of carboxylic acid groups (broad SMARTS) is 1. The van der Waals surface area contributed by atoms with Crippen molar-refractivity contribution in [2.24, 2.45) is 0 Å². The Kier molecular flexibility index (Phi) is 11.8. The van der Waals surface area contributed by atoms with Gasteiger partial charge in [-0.05, 0) is 39.0 Å². The lowest BCUT2D eigenvalue weighted by Gasteiger charge is -2.34. The molecule has 0 saturated heterocycles. The highest BCUT2D eigenvalue weighted by Gasteiger charge is 2.29. The first-order valence-corrected chi connectivity index (χ1v) is 14.6. The minimum absolute atomic E-state index is 0.360. The summed E-state index contributed by atoms with van der Waals surface area (Å²) >= 11 is 0. The van der Waals surface area contributed by atoms with Crippen LogP contribution in [0.2, 0.25) is 0 Å². The van der Waals surface area contributed by atoms with Gasteiger partial charge in [0.1, 0.15) is 35.4 Å². The number of nitrogens with one attached hydrogen (secondary N) is 1. The smallest absolute Gasteiger partial charge is 0.412 e. The Morgan fingerprint density at radius 3 is 2.20 bits per heavy atom. The molecule has 0 aliphatic rings. The number of ether oxygens (including phenoxy) is 6. The summed E-state index contributed by atoms with van der Waals surface area (Å²) in [5.41, 5.74) is 0.665. The fourth-order valence-corrected chi connectivity index (χ4v) is 4.64. The molecule has 4 aromatic rings. The minimum Gasteiger partial charge on any atom is -0.497 e. The number of pyridine rings is 1. The number of nitrogens with zero attached hydrogens (tertiary/aromatic N) is 2. The Bertz CT molecular complexity index is 1560. The molecule has 0 saturated carbocycles. The van der Waals surface area contributed by atoms with Crippen LogP contribution in [-0.4, -0.2) is 75.6 Å². The van der Waals surface area contributed by atoms with Gasteiger partial charge in [0, 0.05) is 59.6 Å². The number of rotatable bonds is 16. The van der Waals surface area contributed by atoms with Crippen LogP contribution in [0.15, 0.2) is 72.9 Å². The van der Waals surface area contributed by atoms with Crippen LogP contribution < -0.4 is 24.4 Å². The van der Waals surface area contributed by atoms with E-state index in [-0.39, 0.29) is 0 Å². The fraction of sp³-hybridized carbons (Fsp3) is 0.353. The van der Waals surface area contributed by atoms with Gasteiger partial charge in [-0.1, -0.05) is 24.3 Å². The van der Waals surface area contributed by atoms with E-state index in [9.17, 15) is 9.90 Å². The molecule has 11 heteroatoms. The van der Waals surface area contributed by atoms with Crippen molar-refractivity contribution >= 4 is 34.1 Å². The molecule has 1 aromatic heterocycles. The SMILES string of the molecule is COCCOCCOCCOc1cc(Nc2cc(Oc3ccc(N(C(=O)O)C(C)(C)C)c4ccccc34)ccn2)cc(OC)c1. The Morgan fingerprint density at radius 2 is 1.51 bits per heavy atom. The Hall–Kier alpha value is -4.58.